The second kappa shape index (κ2) is 5.31. The Bertz CT molecular complexity index is 560. The third kappa shape index (κ3) is 2.26. The molecule has 102 valence electrons. The normalized spacial score (nSPS) is 20.4. The quantitative estimate of drug-likeness (QED) is 0.910. The molecule has 0 amide bonds. The van der Waals surface area contributed by atoms with Crippen LogP contribution >= 0.6 is 0 Å². The summed E-state index contributed by atoms with van der Waals surface area (Å²) < 4.78 is 2.23. The first kappa shape index (κ1) is 12.6. The largest absolute Gasteiger partial charge is 0.325 e. The Hall–Kier alpha value is -1.39. The Kier molecular flexibility index (Phi) is 3.53. The van der Waals surface area contributed by atoms with Crippen LogP contribution in [0, 0.1) is 0 Å². The first-order chi connectivity index (χ1) is 9.33. The number of nitrogens with two attached hydrogens (primary N) is 1. The molecule has 1 atom stereocenters. The Labute approximate surface area is 114 Å². The molecule has 0 aliphatic carbocycles. The first-order valence-corrected chi connectivity index (χ1v) is 7.21. The van der Waals surface area contributed by atoms with E-state index in [2.05, 4.69) is 39.4 Å². The van der Waals surface area contributed by atoms with Gasteiger partial charge < -0.3 is 10.6 Å². The van der Waals surface area contributed by atoms with Crippen LogP contribution in [-0.4, -0.2) is 33.4 Å². The van der Waals surface area contributed by atoms with Crippen LogP contribution < -0.4 is 5.73 Å². The molecule has 1 unspecified atom stereocenters. The van der Waals surface area contributed by atoms with Crippen LogP contribution in [0.1, 0.15) is 31.3 Å². The SMILES string of the molecule is CCN1CCCC1Cc1ncc2cccc(CN)n12. The summed E-state index contributed by atoms with van der Waals surface area (Å²) in [5.41, 5.74) is 8.14. The van der Waals surface area contributed by atoms with Gasteiger partial charge in [0, 0.05) is 24.7 Å². The van der Waals surface area contributed by atoms with E-state index in [1.807, 2.05) is 6.20 Å². The zero-order valence-corrected chi connectivity index (χ0v) is 11.5. The number of likely N-dealkylation sites (N-methyl/N-ethyl adjacent to an activating group) is 1. The fraction of sp³-hybridized carbons (Fsp3) is 0.533. The van der Waals surface area contributed by atoms with E-state index in [1.54, 1.807) is 0 Å². The van der Waals surface area contributed by atoms with Gasteiger partial charge in [-0.25, -0.2) is 4.98 Å². The maximum atomic E-state index is 5.85. The van der Waals surface area contributed by atoms with E-state index in [4.69, 9.17) is 5.73 Å². The molecule has 4 nitrogen and oxygen atoms in total. The lowest BCUT2D eigenvalue weighted by Gasteiger charge is -2.22. The van der Waals surface area contributed by atoms with Gasteiger partial charge in [-0.15, -0.1) is 0 Å². The van der Waals surface area contributed by atoms with Crippen molar-refractivity contribution in [1.29, 1.82) is 0 Å². The van der Waals surface area contributed by atoms with E-state index < -0.39 is 0 Å². The van der Waals surface area contributed by atoms with Crippen molar-refractivity contribution in [2.75, 3.05) is 13.1 Å². The molecular weight excluding hydrogens is 236 g/mol. The highest BCUT2D eigenvalue weighted by Crippen LogP contribution is 2.21. The first-order valence-electron chi connectivity index (χ1n) is 7.21. The molecule has 0 saturated carbocycles. The smallest absolute Gasteiger partial charge is 0.115 e. The van der Waals surface area contributed by atoms with E-state index in [1.165, 1.54) is 19.4 Å². The van der Waals surface area contributed by atoms with Gasteiger partial charge in [-0.05, 0) is 38.1 Å². The van der Waals surface area contributed by atoms with E-state index in [9.17, 15) is 0 Å². The summed E-state index contributed by atoms with van der Waals surface area (Å²) in [4.78, 5) is 7.18. The van der Waals surface area contributed by atoms with Crippen LogP contribution in [0.2, 0.25) is 0 Å². The van der Waals surface area contributed by atoms with Crippen molar-refractivity contribution in [3.05, 3.63) is 35.9 Å². The number of hydrogen-bond donors (Lipinski definition) is 1. The molecule has 0 aromatic carbocycles. The fourth-order valence-electron chi connectivity index (χ4n) is 3.24. The van der Waals surface area contributed by atoms with Crippen molar-refractivity contribution in [3.8, 4) is 0 Å². The zero-order chi connectivity index (χ0) is 13.2. The van der Waals surface area contributed by atoms with Crippen molar-refractivity contribution >= 4 is 5.52 Å². The number of aromatic nitrogens is 2. The lowest BCUT2D eigenvalue weighted by atomic mass is 10.1. The third-order valence-corrected chi connectivity index (χ3v) is 4.24. The van der Waals surface area contributed by atoms with Crippen LogP contribution in [0.5, 0.6) is 0 Å². The third-order valence-electron chi connectivity index (χ3n) is 4.24. The van der Waals surface area contributed by atoms with E-state index >= 15 is 0 Å². The zero-order valence-electron chi connectivity index (χ0n) is 11.5. The molecule has 0 radical (unpaired) electrons. The second-order valence-electron chi connectivity index (χ2n) is 5.28. The summed E-state index contributed by atoms with van der Waals surface area (Å²) in [6.45, 7) is 5.17. The van der Waals surface area contributed by atoms with Crippen LogP contribution in [0.25, 0.3) is 5.52 Å². The van der Waals surface area contributed by atoms with Crippen LogP contribution in [0.3, 0.4) is 0 Å². The van der Waals surface area contributed by atoms with Gasteiger partial charge in [0.25, 0.3) is 0 Å². The average molecular weight is 258 g/mol. The van der Waals surface area contributed by atoms with Gasteiger partial charge in [0.15, 0.2) is 0 Å². The molecule has 1 aliphatic heterocycles. The van der Waals surface area contributed by atoms with Gasteiger partial charge in [0.05, 0.1) is 11.7 Å². The van der Waals surface area contributed by atoms with Crippen LogP contribution in [0.15, 0.2) is 24.4 Å². The van der Waals surface area contributed by atoms with E-state index in [0.717, 1.165) is 30.0 Å². The minimum Gasteiger partial charge on any atom is -0.325 e. The molecule has 1 aliphatic rings. The van der Waals surface area contributed by atoms with E-state index in [-0.39, 0.29) is 0 Å². The molecule has 0 spiro atoms. The molecule has 1 fully saturated rings. The van der Waals surface area contributed by atoms with Crippen LogP contribution in [0.4, 0.5) is 0 Å². The van der Waals surface area contributed by atoms with Crippen molar-refractivity contribution in [2.24, 2.45) is 5.73 Å². The standard InChI is InChI=1S/C15H22N4/c1-2-18-8-4-7-12(18)9-15-17-11-14-6-3-5-13(10-16)19(14)15/h3,5-6,11-12H,2,4,7-10,16H2,1H3. The van der Waals surface area contributed by atoms with Crippen molar-refractivity contribution in [2.45, 2.75) is 38.8 Å². The Morgan fingerprint density at radius 3 is 3.11 bits per heavy atom. The molecule has 3 rings (SSSR count). The fourth-order valence-corrected chi connectivity index (χ4v) is 3.24. The highest BCUT2D eigenvalue weighted by Gasteiger charge is 2.24. The van der Waals surface area contributed by atoms with Crippen molar-refractivity contribution in [1.82, 2.24) is 14.3 Å². The number of fused-ring (bicyclic) bond motifs is 1. The summed E-state index contributed by atoms with van der Waals surface area (Å²) in [6.07, 6.45) is 5.58. The summed E-state index contributed by atoms with van der Waals surface area (Å²) in [5, 5.41) is 0. The van der Waals surface area contributed by atoms with Crippen molar-refractivity contribution < 1.29 is 0 Å². The van der Waals surface area contributed by atoms with Gasteiger partial charge in [-0.1, -0.05) is 13.0 Å². The predicted molar refractivity (Wildman–Crippen MR) is 77.1 cm³/mol. The molecule has 4 heteroatoms. The number of rotatable bonds is 4. The number of hydrogen-bond acceptors (Lipinski definition) is 3. The molecular formula is C15H22N4. The van der Waals surface area contributed by atoms with Gasteiger partial charge in [-0.2, -0.15) is 0 Å². The average Bonchev–Trinajstić information content (AvgIpc) is 3.06. The number of likely N-dealkylation sites (tertiary alicyclic amines) is 1. The predicted octanol–water partition coefficient (Wildman–Crippen LogP) is 1.82. The molecule has 1 saturated heterocycles. The van der Waals surface area contributed by atoms with Gasteiger partial charge in [0.1, 0.15) is 5.82 Å². The van der Waals surface area contributed by atoms with Gasteiger partial charge in [0.2, 0.25) is 0 Å². The summed E-state index contributed by atoms with van der Waals surface area (Å²) >= 11 is 0. The topological polar surface area (TPSA) is 46.6 Å². The summed E-state index contributed by atoms with van der Waals surface area (Å²) in [6, 6.07) is 6.88. The van der Waals surface area contributed by atoms with E-state index in [0.29, 0.717) is 12.6 Å². The maximum Gasteiger partial charge on any atom is 0.115 e. The summed E-state index contributed by atoms with van der Waals surface area (Å²) in [5.74, 6) is 1.15. The highest BCUT2D eigenvalue weighted by molar-refractivity contribution is 5.47. The Balaban J connectivity index is 1.92. The van der Waals surface area contributed by atoms with Gasteiger partial charge in [-0.3, -0.25) is 4.40 Å². The molecule has 2 N–H and O–H groups in total. The maximum absolute atomic E-state index is 5.85. The molecule has 2 aromatic heterocycles. The number of pyridine rings is 1. The Morgan fingerprint density at radius 2 is 2.32 bits per heavy atom. The van der Waals surface area contributed by atoms with Gasteiger partial charge >= 0.3 is 0 Å². The number of nitrogens with zero attached hydrogens (tertiary/aromatic N) is 3. The summed E-state index contributed by atoms with van der Waals surface area (Å²) in [7, 11) is 0. The second-order valence-corrected chi connectivity index (χ2v) is 5.28. The number of imidazole rings is 1. The lowest BCUT2D eigenvalue weighted by Crippen LogP contribution is -2.31. The minimum absolute atomic E-state index is 0.558. The molecule has 3 heterocycles. The Morgan fingerprint density at radius 1 is 1.42 bits per heavy atom. The van der Waals surface area contributed by atoms with Crippen LogP contribution in [-0.2, 0) is 13.0 Å². The molecule has 19 heavy (non-hydrogen) atoms. The monoisotopic (exact) mass is 258 g/mol. The minimum atomic E-state index is 0.558. The van der Waals surface area contributed by atoms with Crippen molar-refractivity contribution in [3.63, 3.8) is 0 Å². The molecule has 2 aromatic rings. The highest BCUT2D eigenvalue weighted by atomic mass is 15.2. The lowest BCUT2D eigenvalue weighted by molar-refractivity contribution is 0.263. The molecule has 0 bridgehead atoms.